The van der Waals surface area contributed by atoms with Crippen molar-refractivity contribution >= 4 is 17.8 Å². The van der Waals surface area contributed by atoms with Gasteiger partial charge in [-0.05, 0) is 73.4 Å². The molecule has 7 heteroatoms. The van der Waals surface area contributed by atoms with E-state index < -0.39 is 0 Å². The van der Waals surface area contributed by atoms with Crippen LogP contribution in [0.5, 0.6) is 0 Å². The van der Waals surface area contributed by atoms with Crippen molar-refractivity contribution in [1.82, 2.24) is 19.9 Å². The molecule has 0 aliphatic carbocycles. The van der Waals surface area contributed by atoms with Gasteiger partial charge in [0.15, 0.2) is 0 Å². The Morgan fingerprint density at radius 3 is 1.34 bits per heavy atom. The summed E-state index contributed by atoms with van der Waals surface area (Å²) in [5.74, 6) is 1.90. The highest BCUT2D eigenvalue weighted by Crippen LogP contribution is 2.34. The minimum absolute atomic E-state index is 0.0231. The molecule has 0 aliphatic heterocycles. The van der Waals surface area contributed by atoms with Crippen molar-refractivity contribution < 1.29 is 0 Å². The standard InChI is InChI=1S/C25H51N7/c1-17(2)32(16-18(3)31(14)15)21-27-19(29-24(10,11)22(4,5)6)26-20(28-21)30-25(12,13)23(7,8)9/h17-18H,16H2,1-15H3,(H2,26,27,28,29,30). The van der Waals surface area contributed by atoms with Crippen LogP contribution in [0.1, 0.15) is 90.0 Å². The third-order valence-corrected chi connectivity index (χ3v) is 7.44. The van der Waals surface area contributed by atoms with Crippen LogP contribution in [0.15, 0.2) is 0 Å². The number of likely N-dealkylation sites (N-methyl/N-ethyl adjacent to an activating group) is 1. The first-order chi connectivity index (χ1) is 14.2. The van der Waals surface area contributed by atoms with E-state index in [1.54, 1.807) is 0 Å². The van der Waals surface area contributed by atoms with Crippen molar-refractivity contribution in [2.45, 2.75) is 113 Å². The minimum atomic E-state index is -0.206. The molecule has 1 heterocycles. The lowest BCUT2D eigenvalue weighted by molar-refractivity contribution is 0.251. The maximum Gasteiger partial charge on any atom is 0.232 e. The van der Waals surface area contributed by atoms with Crippen LogP contribution < -0.4 is 15.5 Å². The Balaban J connectivity index is 3.54. The van der Waals surface area contributed by atoms with Crippen LogP contribution in [-0.2, 0) is 0 Å². The van der Waals surface area contributed by atoms with Crippen LogP contribution in [0.25, 0.3) is 0 Å². The van der Waals surface area contributed by atoms with Gasteiger partial charge in [-0.3, -0.25) is 0 Å². The van der Waals surface area contributed by atoms with E-state index in [1.165, 1.54) is 0 Å². The number of nitrogens with zero attached hydrogens (tertiary/aromatic N) is 5. The van der Waals surface area contributed by atoms with Crippen LogP contribution in [0.2, 0.25) is 0 Å². The van der Waals surface area contributed by atoms with Gasteiger partial charge in [0.1, 0.15) is 0 Å². The average Bonchev–Trinajstić information content (AvgIpc) is 2.55. The molecule has 0 saturated heterocycles. The molecule has 7 nitrogen and oxygen atoms in total. The molecular weight excluding hydrogens is 398 g/mol. The molecule has 0 aliphatic rings. The summed E-state index contributed by atoms with van der Waals surface area (Å²) in [4.78, 5) is 19.1. The fourth-order valence-corrected chi connectivity index (χ4v) is 2.51. The van der Waals surface area contributed by atoms with Gasteiger partial charge in [-0.15, -0.1) is 0 Å². The van der Waals surface area contributed by atoms with E-state index in [-0.39, 0.29) is 27.9 Å². The zero-order chi connectivity index (χ0) is 25.3. The van der Waals surface area contributed by atoms with Crippen molar-refractivity contribution in [3.05, 3.63) is 0 Å². The van der Waals surface area contributed by atoms with Crippen molar-refractivity contribution in [2.75, 3.05) is 36.2 Å². The molecule has 0 bridgehead atoms. The Hall–Kier alpha value is -1.63. The number of nitrogens with one attached hydrogen (secondary N) is 2. The molecule has 186 valence electrons. The first kappa shape index (κ1) is 28.4. The number of rotatable bonds is 9. The molecule has 1 aromatic rings. The van der Waals surface area contributed by atoms with Crippen LogP contribution in [-0.4, -0.2) is 63.7 Å². The van der Waals surface area contributed by atoms with Crippen LogP contribution in [0, 0.1) is 10.8 Å². The molecule has 0 radical (unpaired) electrons. The Morgan fingerprint density at radius 2 is 1.06 bits per heavy atom. The van der Waals surface area contributed by atoms with E-state index in [4.69, 9.17) is 15.0 Å². The van der Waals surface area contributed by atoms with E-state index >= 15 is 0 Å². The normalized spacial score (nSPS) is 14.7. The van der Waals surface area contributed by atoms with Crippen LogP contribution >= 0.6 is 0 Å². The molecule has 0 saturated carbocycles. The molecule has 32 heavy (non-hydrogen) atoms. The summed E-state index contributed by atoms with van der Waals surface area (Å²) in [6, 6.07) is 0.616. The minimum Gasteiger partial charge on any atom is -0.349 e. The molecule has 0 aromatic carbocycles. The molecule has 0 amide bonds. The SMILES string of the molecule is CC(CN(c1nc(NC(C)(C)C(C)(C)C)nc(NC(C)(C)C(C)(C)C)n1)C(C)C)N(C)C. The number of hydrogen-bond donors (Lipinski definition) is 2. The largest absolute Gasteiger partial charge is 0.349 e. The highest BCUT2D eigenvalue weighted by molar-refractivity contribution is 5.47. The predicted molar refractivity (Wildman–Crippen MR) is 140 cm³/mol. The zero-order valence-corrected chi connectivity index (χ0v) is 23.6. The van der Waals surface area contributed by atoms with Crippen molar-refractivity contribution in [3.63, 3.8) is 0 Å². The first-order valence-corrected chi connectivity index (χ1v) is 11.9. The number of anilines is 3. The molecule has 0 spiro atoms. The Labute approximate surface area is 198 Å². The Bertz CT molecular complexity index is 693. The predicted octanol–water partition coefficient (Wildman–Crippen LogP) is 5.51. The smallest absolute Gasteiger partial charge is 0.232 e. The topological polar surface area (TPSA) is 69.2 Å². The number of hydrogen-bond acceptors (Lipinski definition) is 7. The summed E-state index contributed by atoms with van der Waals surface area (Å²) in [6.45, 7) is 29.5. The highest BCUT2D eigenvalue weighted by atomic mass is 15.4. The average molecular weight is 450 g/mol. The van der Waals surface area contributed by atoms with E-state index in [9.17, 15) is 0 Å². The lowest BCUT2D eigenvalue weighted by Gasteiger charge is -2.41. The van der Waals surface area contributed by atoms with Gasteiger partial charge in [0.05, 0.1) is 0 Å². The van der Waals surface area contributed by atoms with Gasteiger partial charge >= 0.3 is 0 Å². The number of aromatic nitrogens is 3. The summed E-state index contributed by atoms with van der Waals surface area (Å²) in [5.41, 5.74) is -0.367. The van der Waals surface area contributed by atoms with Gasteiger partial charge < -0.3 is 20.4 Å². The molecule has 1 rings (SSSR count). The second kappa shape index (κ2) is 9.70. The molecule has 1 atom stereocenters. The Morgan fingerprint density at radius 1 is 0.688 bits per heavy atom. The van der Waals surface area contributed by atoms with Crippen LogP contribution in [0.3, 0.4) is 0 Å². The first-order valence-electron chi connectivity index (χ1n) is 11.9. The summed E-state index contributed by atoms with van der Waals surface area (Å²) < 4.78 is 0. The fourth-order valence-electron chi connectivity index (χ4n) is 2.51. The van der Waals surface area contributed by atoms with E-state index in [2.05, 4.69) is 125 Å². The molecule has 2 N–H and O–H groups in total. The van der Waals surface area contributed by atoms with Gasteiger partial charge in [-0.1, -0.05) is 41.5 Å². The maximum atomic E-state index is 4.89. The van der Waals surface area contributed by atoms with Gasteiger partial charge in [0.2, 0.25) is 17.8 Å². The van der Waals surface area contributed by atoms with Gasteiger partial charge in [-0.2, -0.15) is 15.0 Å². The third kappa shape index (κ3) is 7.19. The van der Waals surface area contributed by atoms with Gasteiger partial charge in [-0.25, -0.2) is 0 Å². The fraction of sp³-hybridized carbons (Fsp3) is 0.880. The summed E-state index contributed by atoms with van der Waals surface area (Å²) >= 11 is 0. The van der Waals surface area contributed by atoms with E-state index in [1.807, 2.05) is 0 Å². The molecule has 1 aromatic heterocycles. The van der Waals surface area contributed by atoms with E-state index in [0.29, 0.717) is 23.9 Å². The van der Waals surface area contributed by atoms with Gasteiger partial charge in [0.25, 0.3) is 0 Å². The molecule has 0 fully saturated rings. The zero-order valence-electron chi connectivity index (χ0n) is 23.6. The molecule has 1 unspecified atom stereocenters. The second-order valence-corrected chi connectivity index (χ2v) is 12.8. The third-order valence-electron chi connectivity index (χ3n) is 7.44. The maximum absolute atomic E-state index is 4.89. The molecular formula is C25H51N7. The monoisotopic (exact) mass is 449 g/mol. The van der Waals surface area contributed by atoms with Crippen molar-refractivity contribution in [2.24, 2.45) is 10.8 Å². The van der Waals surface area contributed by atoms with Crippen LogP contribution in [0.4, 0.5) is 17.8 Å². The Kier molecular flexibility index (Phi) is 8.61. The lowest BCUT2D eigenvalue weighted by atomic mass is 9.76. The summed E-state index contributed by atoms with van der Waals surface area (Å²) in [7, 11) is 4.21. The second-order valence-electron chi connectivity index (χ2n) is 12.8. The summed E-state index contributed by atoms with van der Waals surface area (Å²) in [5, 5.41) is 7.19. The van der Waals surface area contributed by atoms with E-state index in [0.717, 1.165) is 6.54 Å². The highest BCUT2D eigenvalue weighted by Gasteiger charge is 2.36. The van der Waals surface area contributed by atoms with Gasteiger partial charge in [0, 0.05) is 29.7 Å². The quantitative estimate of drug-likeness (QED) is 0.515. The van der Waals surface area contributed by atoms with Crippen molar-refractivity contribution in [3.8, 4) is 0 Å². The lowest BCUT2D eigenvalue weighted by Crippen LogP contribution is -2.46. The van der Waals surface area contributed by atoms with Crippen molar-refractivity contribution in [1.29, 1.82) is 0 Å². The summed E-state index contributed by atoms with van der Waals surface area (Å²) in [6.07, 6.45) is 0.